The number of hydrogen-bond donors (Lipinski definition) is 0. The third-order valence-corrected chi connectivity index (χ3v) is 5.00. The quantitative estimate of drug-likeness (QED) is 0.468. The van der Waals surface area contributed by atoms with E-state index in [2.05, 4.69) is 85.0 Å². The van der Waals surface area contributed by atoms with Crippen LogP contribution in [0.25, 0.3) is 11.1 Å². The van der Waals surface area contributed by atoms with E-state index in [-0.39, 0.29) is 7.05 Å². The Kier molecular flexibility index (Phi) is 2.64. The summed E-state index contributed by atoms with van der Waals surface area (Å²) in [5.74, 6) is 2.15. The molecule has 116 valence electrons. The summed E-state index contributed by atoms with van der Waals surface area (Å²) in [6, 6.07) is 17.1. The SMILES string of the molecule is Cc1cc2c([n+](C)c1)N1B(Oc3cccc(C)c31)c1ccccc1-2. The molecule has 2 aromatic carbocycles. The Morgan fingerprint density at radius 1 is 1.00 bits per heavy atom. The smallest absolute Gasteiger partial charge is 0.514 e. The number of aromatic nitrogens is 1. The molecule has 0 aliphatic carbocycles. The van der Waals surface area contributed by atoms with Crippen LogP contribution in [0.5, 0.6) is 5.75 Å². The molecule has 3 aromatic rings. The van der Waals surface area contributed by atoms with Crippen molar-refractivity contribution in [1.82, 2.24) is 0 Å². The molecule has 0 amide bonds. The topological polar surface area (TPSA) is 16.4 Å². The van der Waals surface area contributed by atoms with Gasteiger partial charge in [0.1, 0.15) is 5.75 Å². The molecule has 1 aromatic heterocycles. The van der Waals surface area contributed by atoms with Crippen molar-refractivity contribution in [2.75, 3.05) is 4.81 Å². The van der Waals surface area contributed by atoms with E-state index in [0.29, 0.717) is 0 Å². The van der Waals surface area contributed by atoms with Crippen LogP contribution < -0.4 is 19.5 Å². The molecule has 0 fully saturated rings. The fourth-order valence-corrected chi connectivity index (χ4v) is 4.09. The lowest BCUT2D eigenvalue weighted by Crippen LogP contribution is -2.54. The van der Waals surface area contributed by atoms with Crippen molar-refractivity contribution in [3.8, 4) is 16.9 Å². The van der Waals surface area contributed by atoms with Crippen molar-refractivity contribution in [3.05, 3.63) is 65.9 Å². The van der Waals surface area contributed by atoms with Crippen molar-refractivity contribution in [3.63, 3.8) is 0 Å². The molecule has 24 heavy (non-hydrogen) atoms. The van der Waals surface area contributed by atoms with Crippen LogP contribution in [-0.2, 0) is 7.05 Å². The van der Waals surface area contributed by atoms with Gasteiger partial charge in [0.2, 0.25) is 0 Å². The molecule has 2 aliphatic heterocycles. The van der Waals surface area contributed by atoms with Gasteiger partial charge in [-0.25, -0.2) is 9.38 Å². The number of anilines is 2. The Morgan fingerprint density at radius 3 is 2.71 bits per heavy atom. The minimum absolute atomic E-state index is 0.0984. The van der Waals surface area contributed by atoms with Gasteiger partial charge in [0.25, 0.3) is 5.82 Å². The summed E-state index contributed by atoms with van der Waals surface area (Å²) in [5.41, 5.74) is 7.43. The summed E-state index contributed by atoms with van der Waals surface area (Å²) in [5, 5.41) is 0. The molecule has 0 bridgehead atoms. The summed E-state index contributed by atoms with van der Waals surface area (Å²) in [6.45, 7) is 4.30. The molecule has 3 heterocycles. The van der Waals surface area contributed by atoms with Crippen LogP contribution in [0.2, 0.25) is 0 Å². The van der Waals surface area contributed by atoms with Crippen LogP contribution in [0, 0.1) is 13.8 Å². The monoisotopic (exact) mass is 313 g/mol. The van der Waals surface area contributed by atoms with Crippen LogP contribution in [0.4, 0.5) is 11.5 Å². The van der Waals surface area contributed by atoms with Gasteiger partial charge in [-0.3, -0.25) is 0 Å². The largest absolute Gasteiger partial charge is 0.648 e. The Labute approximate surface area is 142 Å². The molecular weight excluding hydrogens is 295 g/mol. The highest BCUT2D eigenvalue weighted by Gasteiger charge is 2.54. The lowest BCUT2D eigenvalue weighted by Gasteiger charge is -2.26. The second-order valence-electron chi connectivity index (χ2n) is 6.71. The first-order valence-corrected chi connectivity index (χ1v) is 8.30. The highest BCUT2D eigenvalue weighted by molar-refractivity contribution is 6.76. The van der Waals surface area contributed by atoms with E-state index >= 15 is 0 Å². The highest BCUT2D eigenvalue weighted by atomic mass is 16.5. The third-order valence-electron chi connectivity index (χ3n) is 5.00. The van der Waals surface area contributed by atoms with Crippen molar-refractivity contribution < 1.29 is 9.22 Å². The van der Waals surface area contributed by atoms with Crippen molar-refractivity contribution in [2.24, 2.45) is 7.05 Å². The molecule has 4 heteroatoms. The number of pyridine rings is 1. The van der Waals surface area contributed by atoms with E-state index in [1.807, 2.05) is 0 Å². The Morgan fingerprint density at radius 2 is 1.83 bits per heavy atom. The minimum atomic E-state index is -0.0984. The average Bonchev–Trinajstić information content (AvgIpc) is 2.95. The van der Waals surface area contributed by atoms with E-state index in [1.165, 1.54) is 39.2 Å². The zero-order valence-electron chi connectivity index (χ0n) is 14.1. The lowest BCUT2D eigenvalue weighted by atomic mass is 9.65. The number of benzene rings is 2. The van der Waals surface area contributed by atoms with E-state index in [0.717, 1.165) is 5.75 Å². The molecular formula is C20H18BN2O+. The predicted octanol–water partition coefficient (Wildman–Crippen LogP) is 3.03. The molecule has 3 nitrogen and oxygen atoms in total. The lowest BCUT2D eigenvalue weighted by molar-refractivity contribution is -0.657. The third kappa shape index (κ3) is 1.66. The van der Waals surface area contributed by atoms with Gasteiger partial charge in [-0.1, -0.05) is 36.4 Å². The fraction of sp³-hybridized carbons (Fsp3) is 0.150. The summed E-state index contributed by atoms with van der Waals surface area (Å²) >= 11 is 0. The molecule has 0 radical (unpaired) electrons. The standard InChI is InChI=1S/C20H18BN2O/c1-13-11-16-15-8-4-5-9-17(15)21-23(20(16)22(3)12-13)19-14(2)7-6-10-18(19)24-21/h4-12H,1-3H3/q+1. The Hall–Kier alpha value is -2.75. The second-order valence-corrected chi connectivity index (χ2v) is 6.71. The Balaban J connectivity index is 1.89. The zero-order chi connectivity index (χ0) is 16.4. The molecule has 5 rings (SSSR count). The second kappa shape index (κ2) is 4.63. The minimum Gasteiger partial charge on any atom is -0.514 e. The van der Waals surface area contributed by atoms with Crippen molar-refractivity contribution in [2.45, 2.75) is 13.8 Å². The molecule has 0 saturated heterocycles. The summed E-state index contributed by atoms with van der Waals surface area (Å²) < 4.78 is 8.59. The fourth-order valence-electron chi connectivity index (χ4n) is 4.09. The first-order valence-electron chi connectivity index (χ1n) is 8.30. The molecule has 0 spiro atoms. The van der Waals surface area contributed by atoms with Crippen molar-refractivity contribution >= 4 is 24.0 Å². The summed E-state index contributed by atoms with van der Waals surface area (Å²) in [6.07, 6.45) is 2.18. The first kappa shape index (κ1) is 13.7. The average molecular weight is 313 g/mol. The maximum atomic E-state index is 6.37. The molecule has 2 aliphatic rings. The molecule has 0 unspecified atom stereocenters. The maximum Gasteiger partial charge on any atom is 0.648 e. The van der Waals surface area contributed by atoms with Crippen LogP contribution in [0.15, 0.2) is 54.7 Å². The van der Waals surface area contributed by atoms with E-state index < -0.39 is 0 Å². The number of para-hydroxylation sites is 1. The van der Waals surface area contributed by atoms with Gasteiger partial charge in [-0.15, -0.1) is 0 Å². The molecule has 0 saturated carbocycles. The van der Waals surface area contributed by atoms with Crippen LogP contribution in [-0.4, -0.2) is 7.05 Å². The van der Waals surface area contributed by atoms with Gasteiger partial charge >= 0.3 is 7.05 Å². The number of hydrogen-bond acceptors (Lipinski definition) is 2. The van der Waals surface area contributed by atoms with Crippen molar-refractivity contribution in [1.29, 1.82) is 0 Å². The van der Waals surface area contributed by atoms with Crippen LogP contribution in [0.1, 0.15) is 11.1 Å². The van der Waals surface area contributed by atoms with E-state index in [4.69, 9.17) is 4.65 Å². The van der Waals surface area contributed by atoms with Gasteiger partial charge in [-0.2, -0.15) is 0 Å². The van der Waals surface area contributed by atoms with Gasteiger partial charge in [0.05, 0.1) is 18.8 Å². The van der Waals surface area contributed by atoms with E-state index in [9.17, 15) is 0 Å². The van der Waals surface area contributed by atoms with Gasteiger partial charge in [0, 0.05) is 5.46 Å². The number of fused-ring (bicyclic) bond motifs is 8. The summed E-state index contributed by atoms with van der Waals surface area (Å²) in [7, 11) is 2.02. The van der Waals surface area contributed by atoms with Gasteiger partial charge in [0.15, 0.2) is 5.69 Å². The molecule has 0 N–H and O–H groups in total. The first-order chi connectivity index (χ1) is 11.6. The number of nitrogens with zero attached hydrogens (tertiary/aromatic N) is 2. The summed E-state index contributed by atoms with van der Waals surface area (Å²) in [4.78, 5) is 2.35. The van der Waals surface area contributed by atoms with Crippen LogP contribution in [0.3, 0.4) is 0 Å². The zero-order valence-corrected chi connectivity index (χ0v) is 14.1. The maximum absolute atomic E-state index is 6.37. The normalized spacial score (nSPS) is 13.8. The predicted molar refractivity (Wildman–Crippen MR) is 97.1 cm³/mol. The molecule has 0 atom stereocenters. The van der Waals surface area contributed by atoms with E-state index in [1.54, 1.807) is 0 Å². The van der Waals surface area contributed by atoms with Crippen LogP contribution >= 0.6 is 0 Å². The highest BCUT2D eigenvalue weighted by Crippen LogP contribution is 2.46. The Bertz CT molecular complexity index is 999. The van der Waals surface area contributed by atoms with Gasteiger partial charge < -0.3 is 4.65 Å². The number of aryl methyl sites for hydroxylation is 3. The van der Waals surface area contributed by atoms with Gasteiger partial charge in [-0.05, 0) is 42.7 Å². The number of rotatable bonds is 0.